The fraction of sp³-hybridized carbons (Fsp3) is 0.391. The van der Waals surface area contributed by atoms with Crippen molar-refractivity contribution in [3.8, 4) is 5.75 Å². The Morgan fingerprint density at radius 3 is 2.44 bits per heavy atom. The van der Waals surface area contributed by atoms with Gasteiger partial charge in [0.25, 0.3) is 0 Å². The van der Waals surface area contributed by atoms with Crippen molar-refractivity contribution >= 4 is 23.6 Å². The van der Waals surface area contributed by atoms with Crippen molar-refractivity contribution in [1.29, 1.82) is 0 Å². The molecule has 170 valence electrons. The Morgan fingerprint density at radius 2 is 1.84 bits per heavy atom. The van der Waals surface area contributed by atoms with Crippen LogP contribution in [-0.4, -0.2) is 49.5 Å². The van der Waals surface area contributed by atoms with Crippen LogP contribution in [0, 0.1) is 0 Å². The molecule has 2 aliphatic heterocycles. The molecule has 4 rings (SSSR count). The fourth-order valence-electron chi connectivity index (χ4n) is 4.37. The molecule has 2 aromatic carbocycles. The molecule has 1 N–H and O–H groups in total. The summed E-state index contributed by atoms with van der Waals surface area (Å²) in [5.41, 5.74) is 1.59. The molecule has 0 aliphatic carbocycles. The molecule has 0 radical (unpaired) electrons. The summed E-state index contributed by atoms with van der Waals surface area (Å²) in [5.74, 6) is 0.586. The highest BCUT2D eigenvalue weighted by atomic mass is 19.4. The number of nitrogens with one attached hydrogen (secondary N) is 1. The van der Waals surface area contributed by atoms with E-state index >= 15 is 0 Å². The number of nitrogens with zero attached hydrogens (tertiary/aromatic N) is 2. The number of amides is 1. The number of fused-ring (bicyclic) bond motifs is 1. The molecule has 0 aromatic heterocycles. The van der Waals surface area contributed by atoms with E-state index in [4.69, 9.17) is 4.74 Å². The Hall–Kier alpha value is -3.23. The van der Waals surface area contributed by atoms with Gasteiger partial charge in [0.05, 0.1) is 30.5 Å². The molecule has 1 unspecified atom stereocenters. The summed E-state index contributed by atoms with van der Waals surface area (Å²) in [5, 5.41) is 3.21. The van der Waals surface area contributed by atoms with Crippen molar-refractivity contribution in [3.05, 3.63) is 53.6 Å². The maximum absolute atomic E-state index is 12.7. The van der Waals surface area contributed by atoms with E-state index < -0.39 is 17.9 Å². The monoisotopic (exact) mass is 447 g/mol. The summed E-state index contributed by atoms with van der Waals surface area (Å²) < 4.78 is 43.5. The van der Waals surface area contributed by atoms with Gasteiger partial charge in [0.2, 0.25) is 5.91 Å². The molecule has 1 amide bonds. The molecular formula is C23H24F3N3O3. The number of aldehydes is 1. The largest absolute Gasteiger partial charge is 0.497 e. The SMILES string of the molecule is COc1ccc2c(c1)N(C1CCN(C(=O)Cc3ccc(C(F)(F)F)cc3)CC1)C(C=O)N2. The average Bonchev–Trinajstić information content (AvgIpc) is 3.16. The summed E-state index contributed by atoms with van der Waals surface area (Å²) in [6.07, 6.45) is -2.57. The minimum absolute atomic E-state index is 0.0606. The minimum Gasteiger partial charge on any atom is -0.497 e. The number of halogens is 3. The molecule has 6 nitrogen and oxygen atoms in total. The second-order valence-electron chi connectivity index (χ2n) is 8.00. The second-order valence-corrected chi connectivity index (χ2v) is 8.00. The van der Waals surface area contributed by atoms with E-state index in [2.05, 4.69) is 5.32 Å². The second kappa shape index (κ2) is 8.72. The highest BCUT2D eigenvalue weighted by molar-refractivity contribution is 5.86. The zero-order valence-corrected chi connectivity index (χ0v) is 17.6. The van der Waals surface area contributed by atoms with Gasteiger partial charge in [-0.1, -0.05) is 12.1 Å². The van der Waals surface area contributed by atoms with Crippen LogP contribution >= 0.6 is 0 Å². The first kappa shape index (κ1) is 22.0. The molecule has 0 saturated carbocycles. The smallest absolute Gasteiger partial charge is 0.416 e. The van der Waals surface area contributed by atoms with Crippen molar-refractivity contribution in [3.63, 3.8) is 0 Å². The molecule has 32 heavy (non-hydrogen) atoms. The van der Waals surface area contributed by atoms with Crippen LogP contribution in [0.15, 0.2) is 42.5 Å². The number of likely N-dealkylation sites (tertiary alicyclic amines) is 1. The van der Waals surface area contributed by atoms with E-state index in [1.165, 1.54) is 12.1 Å². The number of anilines is 2. The third kappa shape index (κ3) is 4.37. The van der Waals surface area contributed by atoms with Gasteiger partial charge >= 0.3 is 6.18 Å². The number of piperidine rings is 1. The summed E-state index contributed by atoms with van der Waals surface area (Å²) in [7, 11) is 1.59. The first-order valence-corrected chi connectivity index (χ1v) is 10.4. The number of hydrogen-bond donors (Lipinski definition) is 1. The van der Waals surface area contributed by atoms with Gasteiger partial charge in [-0.25, -0.2) is 0 Å². The molecule has 1 atom stereocenters. The van der Waals surface area contributed by atoms with Gasteiger partial charge < -0.3 is 19.9 Å². The Kier molecular flexibility index (Phi) is 5.99. The Morgan fingerprint density at radius 1 is 1.16 bits per heavy atom. The van der Waals surface area contributed by atoms with Gasteiger partial charge in [-0.05, 0) is 42.7 Å². The zero-order valence-electron chi connectivity index (χ0n) is 17.6. The van der Waals surface area contributed by atoms with Crippen molar-refractivity contribution in [2.45, 2.75) is 37.6 Å². The third-order valence-corrected chi connectivity index (χ3v) is 6.06. The maximum atomic E-state index is 12.7. The highest BCUT2D eigenvalue weighted by Crippen LogP contribution is 2.40. The van der Waals surface area contributed by atoms with E-state index in [1.807, 2.05) is 23.1 Å². The van der Waals surface area contributed by atoms with Gasteiger partial charge in [0, 0.05) is 25.2 Å². The highest BCUT2D eigenvalue weighted by Gasteiger charge is 2.36. The van der Waals surface area contributed by atoms with Crippen LogP contribution in [0.2, 0.25) is 0 Å². The standard InChI is InChI=1S/C23H24F3N3O3/c1-32-18-6-7-19-20(13-18)29(21(14-30)27-19)17-8-10-28(11-9-17)22(31)12-15-2-4-16(5-3-15)23(24,25)26/h2-7,13-14,17,21,27H,8-12H2,1H3. The van der Waals surface area contributed by atoms with E-state index in [-0.39, 0.29) is 18.4 Å². The molecule has 9 heteroatoms. The van der Waals surface area contributed by atoms with Crippen LogP contribution in [0.1, 0.15) is 24.0 Å². The number of methoxy groups -OCH3 is 1. The van der Waals surface area contributed by atoms with Crippen LogP contribution < -0.4 is 15.0 Å². The average molecular weight is 447 g/mol. The first-order chi connectivity index (χ1) is 15.3. The fourth-order valence-corrected chi connectivity index (χ4v) is 4.37. The number of carbonyl (C=O) groups is 2. The number of hydrogen-bond acceptors (Lipinski definition) is 5. The first-order valence-electron chi connectivity index (χ1n) is 10.4. The van der Waals surface area contributed by atoms with Gasteiger partial charge in [-0.3, -0.25) is 9.59 Å². The van der Waals surface area contributed by atoms with Crippen LogP contribution in [-0.2, 0) is 22.2 Å². The van der Waals surface area contributed by atoms with Crippen LogP contribution in [0.4, 0.5) is 24.5 Å². The molecule has 2 aliphatic rings. The van der Waals surface area contributed by atoms with Gasteiger partial charge in [-0.15, -0.1) is 0 Å². The summed E-state index contributed by atoms with van der Waals surface area (Å²) in [6.45, 7) is 1.04. The van der Waals surface area contributed by atoms with Gasteiger partial charge in [0.15, 0.2) is 12.5 Å². The maximum Gasteiger partial charge on any atom is 0.416 e. The number of carbonyl (C=O) groups excluding carboxylic acids is 2. The quantitative estimate of drug-likeness (QED) is 0.709. The van der Waals surface area contributed by atoms with Crippen LogP contribution in [0.3, 0.4) is 0 Å². The molecule has 1 saturated heterocycles. The topological polar surface area (TPSA) is 61.9 Å². The molecular weight excluding hydrogens is 423 g/mol. The van der Waals surface area contributed by atoms with E-state index in [0.717, 1.165) is 29.8 Å². The summed E-state index contributed by atoms with van der Waals surface area (Å²) >= 11 is 0. The van der Waals surface area contributed by atoms with Gasteiger partial charge in [-0.2, -0.15) is 13.2 Å². The normalized spacial score (nSPS) is 18.8. The van der Waals surface area contributed by atoms with Crippen molar-refractivity contribution in [2.75, 3.05) is 30.4 Å². The zero-order chi connectivity index (χ0) is 22.9. The van der Waals surface area contributed by atoms with Crippen molar-refractivity contribution < 1.29 is 27.5 Å². The number of benzene rings is 2. The summed E-state index contributed by atoms with van der Waals surface area (Å²) in [6, 6.07) is 10.4. The third-order valence-electron chi connectivity index (χ3n) is 6.06. The van der Waals surface area contributed by atoms with Crippen molar-refractivity contribution in [1.82, 2.24) is 4.90 Å². The summed E-state index contributed by atoms with van der Waals surface area (Å²) in [4.78, 5) is 28.1. The minimum atomic E-state index is -4.39. The van der Waals surface area contributed by atoms with Crippen LogP contribution in [0.25, 0.3) is 0 Å². The molecule has 2 heterocycles. The lowest BCUT2D eigenvalue weighted by atomic mass is 10.0. The predicted octanol–water partition coefficient (Wildman–Crippen LogP) is 3.70. The number of ether oxygens (including phenoxy) is 1. The van der Waals surface area contributed by atoms with Crippen LogP contribution in [0.5, 0.6) is 5.75 Å². The van der Waals surface area contributed by atoms with E-state index in [9.17, 15) is 22.8 Å². The lowest BCUT2D eigenvalue weighted by Gasteiger charge is -2.39. The Bertz CT molecular complexity index is 986. The number of alkyl halides is 3. The van der Waals surface area contributed by atoms with E-state index in [1.54, 1.807) is 12.0 Å². The molecule has 0 spiro atoms. The predicted molar refractivity (Wildman–Crippen MR) is 114 cm³/mol. The Labute approximate surface area is 183 Å². The lowest BCUT2D eigenvalue weighted by Crippen LogP contribution is -2.51. The van der Waals surface area contributed by atoms with E-state index in [0.29, 0.717) is 37.2 Å². The molecule has 0 bridgehead atoms. The van der Waals surface area contributed by atoms with Gasteiger partial charge in [0.1, 0.15) is 5.75 Å². The molecule has 1 fully saturated rings. The Balaban J connectivity index is 1.39. The molecule has 2 aromatic rings. The number of rotatable bonds is 5. The lowest BCUT2D eigenvalue weighted by molar-refractivity contribution is -0.137. The van der Waals surface area contributed by atoms with Crippen molar-refractivity contribution in [2.24, 2.45) is 0 Å².